The van der Waals surface area contributed by atoms with Gasteiger partial charge in [-0.3, -0.25) is 9.78 Å². The van der Waals surface area contributed by atoms with Crippen molar-refractivity contribution < 1.29 is 9.18 Å². The van der Waals surface area contributed by atoms with Crippen molar-refractivity contribution in [3.8, 4) is 0 Å². The second-order valence-electron chi connectivity index (χ2n) is 4.70. The van der Waals surface area contributed by atoms with Crippen molar-refractivity contribution in [3.05, 3.63) is 29.8 Å². The molecule has 3 nitrogen and oxygen atoms in total. The molecule has 1 fully saturated rings. The van der Waals surface area contributed by atoms with Crippen LogP contribution in [-0.4, -0.2) is 33.8 Å². The van der Waals surface area contributed by atoms with E-state index < -0.39 is 5.82 Å². The van der Waals surface area contributed by atoms with E-state index in [2.05, 4.69) is 4.98 Å². The number of nitrogens with zero attached hydrogens (tertiary/aromatic N) is 2. The van der Waals surface area contributed by atoms with Gasteiger partial charge < -0.3 is 4.90 Å². The smallest absolute Gasteiger partial charge is 0.255 e. The lowest BCUT2D eigenvalue weighted by Gasteiger charge is -2.25. The van der Waals surface area contributed by atoms with Crippen LogP contribution >= 0.6 is 11.6 Å². The molecule has 2 unspecified atom stereocenters. The third-order valence-corrected chi connectivity index (χ3v) is 3.36. The number of carbonyl (C=O) groups excluding carboxylic acids is 1. The average Bonchev–Trinajstić information content (AvgIpc) is 2.75. The molecule has 18 heavy (non-hydrogen) atoms. The maximum Gasteiger partial charge on any atom is 0.255 e. The van der Waals surface area contributed by atoms with Crippen LogP contribution in [0.1, 0.15) is 36.5 Å². The van der Waals surface area contributed by atoms with Crippen molar-refractivity contribution in [1.29, 1.82) is 0 Å². The van der Waals surface area contributed by atoms with Gasteiger partial charge in [-0.25, -0.2) is 4.39 Å². The summed E-state index contributed by atoms with van der Waals surface area (Å²) in [7, 11) is 0. The number of aromatic nitrogens is 1. The summed E-state index contributed by atoms with van der Waals surface area (Å²) in [5.41, 5.74) is 0.309. The third-order valence-electron chi connectivity index (χ3n) is 3.19. The normalized spacial score (nSPS) is 21.1. The lowest BCUT2D eigenvalue weighted by Crippen LogP contribution is -2.36. The lowest BCUT2D eigenvalue weighted by atomic mass is 10.1. The number of alkyl halides is 1. The van der Waals surface area contributed by atoms with Crippen LogP contribution < -0.4 is 0 Å². The molecule has 0 N–H and O–H groups in total. The first kappa shape index (κ1) is 13.3. The summed E-state index contributed by atoms with van der Waals surface area (Å²) in [5.74, 6) is -0.635. The molecule has 1 aromatic heterocycles. The largest absolute Gasteiger partial charge is 0.336 e. The van der Waals surface area contributed by atoms with Crippen LogP contribution in [0.4, 0.5) is 4.39 Å². The number of halogens is 2. The fourth-order valence-corrected chi connectivity index (χ4v) is 2.62. The molecule has 0 saturated carbocycles. The molecule has 1 amide bonds. The van der Waals surface area contributed by atoms with Crippen molar-refractivity contribution in [3.63, 3.8) is 0 Å². The molecule has 2 heterocycles. The van der Waals surface area contributed by atoms with Crippen LogP contribution in [0.2, 0.25) is 0 Å². The van der Waals surface area contributed by atoms with Gasteiger partial charge in [-0.1, -0.05) is 0 Å². The highest BCUT2D eigenvalue weighted by atomic mass is 35.5. The number of carbonyl (C=O) groups is 1. The second kappa shape index (κ2) is 5.65. The molecular weight excluding hydrogens is 255 g/mol. The van der Waals surface area contributed by atoms with Gasteiger partial charge in [0.2, 0.25) is 0 Å². The zero-order valence-corrected chi connectivity index (χ0v) is 11.0. The van der Waals surface area contributed by atoms with Crippen LogP contribution in [0.15, 0.2) is 18.5 Å². The third kappa shape index (κ3) is 2.99. The number of hydrogen-bond acceptors (Lipinski definition) is 2. The van der Waals surface area contributed by atoms with Crippen LogP contribution in [0.25, 0.3) is 0 Å². The van der Waals surface area contributed by atoms with Gasteiger partial charge >= 0.3 is 0 Å². The number of hydrogen-bond donors (Lipinski definition) is 0. The Bertz CT molecular complexity index is 439. The van der Waals surface area contributed by atoms with Gasteiger partial charge in [0, 0.05) is 24.2 Å². The minimum absolute atomic E-state index is 0.0361. The summed E-state index contributed by atoms with van der Waals surface area (Å²) in [5, 5.41) is 0.0361. The first-order chi connectivity index (χ1) is 8.58. The highest BCUT2D eigenvalue weighted by Gasteiger charge is 2.30. The van der Waals surface area contributed by atoms with Gasteiger partial charge in [-0.2, -0.15) is 0 Å². The van der Waals surface area contributed by atoms with E-state index >= 15 is 0 Å². The minimum Gasteiger partial charge on any atom is -0.336 e. The highest BCUT2D eigenvalue weighted by molar-refractivity contribution is 6.20. The molecule has 1 aliphatic rings. The van der Waals surface area contributed by atoms with E-state index in [0.29, 0.717) is 12.1 Å². The molecule has 0 spiro atoms. The second-order valence-corrected chi connectivity index (χ2v) is 5.45. The fraction of sp³-hybridized carbons (Fsp3) is 0.538. The van der Waals surface area contributed by atoms with E-state index in [1.807, 2.05) is 6.92 Å². The van der Waals surface area contributed by atoms with Crippen LogP contribution in [-0.2, 0) is 0 Å². The Hall–Kier alpha value is -1.16. The Labute approximate surface area is 111 Å². The van der Waals surface area contributed by atoms with E-state index in [1.54, 1.807) is 4.90 Å². The predicted molar refractivity (Wildman–Crippen MR) is 68.2 cm³/mol. The summed E-state index contributed by atoms with van der Waals surface area (Å²) in [6, 6.07) is 1.39. The number of likely N-dealkylation sites (tertiary alicyclic amines) is 1. The molecule has 1 saturated heterocycles. The van der Waals surface area contributed by atoms with Crippen LogP contribution in [0, 0.1) is 5.82 Å². The summed E-state index contributed by atoms with van der Waals surface area (Å²) in [6.45, 7) is 2.63. The van der Waals surface area contributed by atoms with Crippen molar-refractivity contribution in [2.75, 3.05) is 6.54 Å². The summed E-state index contributed by atoms with van der Waals surface area (Å²) in [4.78, 5) is 17.8. The Morgan fingerprint density at radius 3 is 3.11 bits per heavy atom. The lowest BCUT2D eigenvalue weighted by molar-refractivity contribution is 0.0730. The number of rotatable bonds is 3. The number of pyridine rings is 1. The van der Waals surface area contributed by atoms with Gasteiger partial charge in [0.05, 0.1) is 11.8 Å². The van der Waals surface area contributed by atoms with Gasteiger partial charge in [0.1, 0.15) is 5.82 Å². The maximum absolute atomic E-state index is 13.1. The molecule has 0 aromatic carbocycles. The minimum atomic E-state index is -0.484. The number of amides is 1. The van der Waals surface area contributed by atoms with E-state index in [-0.39, 0.29) is 17.3 Å². The molecule has 0 radical (unpaired) electrons. The predicted octanol–water partition coefficient (Wildman–Crippen LogP) is 2.84. The molecule has 98 valence electrons. The first-order valence-electron chi connectivity index (χ1n) is 6.13. The van der Waals surface area contributed by atoms with Crippen molar-refractivity contribution in [1.82, 2.24) is 9.88 Å². The Morgan fingerprint density at radius 1 is 1.67 bits per heavy atom. The van der Waals surface area contributed by atoms with Crippen molar-refractivity contribution in [2.45, 2.75) is 37.6 Å². The average molecular weight is 271 g/mol. The maximum atomic E-state index is 13.1. The zero-order valence-electron chi connectivity index (χ0n) is 10.3. The standard InChI is InChI=1S/C13H16ClFN2O/c1-9(14)5-12-3-2-4-17(12)13(18)10-6-11(15)8-16-7-10/h6-9,12H,2-5H2,1H3. The Balaban J connectivity index is 2.12. The molecule has 2 atom stereocenters. The zero-order chi connectivity index (χ0) is 13.1. The van der Waals surface area contributed by atoms with E-state index in [9.17, 15) is 9.18 Å². The molecule has 0 aliphatic carbocycles. The highest BCUT2D eigenvalue weighted by Crippen LogP contribution is 2.24. The fourth-order valence-electron chi connectivity index (χ4n) is 2.42. The van der Waals surface area contributed by atoms with Gasteiger partial charge in [-0.15, -0.1) is 11.6 Å². The summed E-state index contributed by atoms with van der Waals surface area (Å²) >= 11 is 5.99. The van der Waals surface area contributed by atoms with E-state index in [4.69, 9.17) is 11.6 Å². The van der Waals surface area contributed by atoms with Gasteiger partial charge in [-0.05, 0) is 32.3 Å². The molecule has 1 aliphatic heterocycles. The molecular formula is C13H16ClFN2O. The monoisotopic (exact) mass is 270 g/mol. The molecule has 1 aromatic rings. The van der Waals surface area contributed by atoms with Crippen LogP contribution in [0.3, 0.4) is 0 Å². The molecule has 5 heteroatoms. The quantitative estimate of drug-likeness (QED) is 0.792. The Kier molecular flexibility index (Phi) is 4.17. The van der Waals surface area contributed by atoms with Gasteiger partial charge in [0.25, 0.3) is 5.91 Å². The van der Waals surface area contributed by atoms with E-state index in [1.165, 1.54) is 12.3 Å². The molecule has 0 bridgehead atoms. The van der Waals surface area contributed by atoms with E-state index in [0.717, 1.165) is 25.5 Å². The summed E-state index contributed by atoms with van der Waals surface area (Å²) in [6.07, 6.45) is 5.22. The summed E-state index contributed by atoms with van der Waals surface area (Å²) < 4.78 is 13.1. The topological polar surface area (TPSA) is 33.2 Å². The van der Waals surface area contributed by atoms with Gasteiger partial charge in [0.15, 0.2) is 0 Å². The van der Waals surface area contributed by atoms with Crippen molar-refractivity contribution >= 4 is 17.5 Å². The van der Waals surface area contributed by atoms with Crippen LogP contribution in [0.5, 0.6) is 0 Å². The first-order valence-corrected chi connectivity index (χ1v) is 6.57. The SMILES string of the molecule is CC(Cl)CC1CCCN1C(=O)c1cncc(F)c1. The van der Waals surface area contributed by atoms with Crippen molar-refractivity contribution in [2.24, 2.45) is 0 Å². The Morgan fingerprint density at radius 2 is 2.44 bits per heavy atom. The molecule has 2 rings (SSSR count).